The van der Waals surface area contributed by atoms with Crippen molar-refractivity contribution < 1.29 is 19.7 Å². The van der Waals surface area contributed by atoms with Crippen LogP contribution >= 0.6 is 0 Å². The molecule has 0 fully saturated rings. The highest BCUT2D eigenvalue weighted by atomic mass is 16.5. The van der Waals surface area contributed by atoms with Gasteiger partial charge < -0.3 is 20.3 Å². The van der Waals surface area contributed by atoms with Crippen LogP contribution in [0.4, 0.5) is 0 Å². The summed E-state index contributed by atoms with van der Waals surface area (Å²) in [7, 11) is 0. The van der Waals surface area contributed by atoms with Crippen LogP contribution in [0, 0.1) is 0 Å². The molecule has 0 radical (unpaired) electrons. The Kier molecular flexibility index (Phi) is 6.00. The Morgan fingerprint density at radius 2 is 1.89 bits per heavy atom. The van der Waals surface area contributed by atoms with Crippen LogP contribution in [-0.2, 0) is 4.74 Å². The fourth-order valence-electron chi connectivity index (χ4n) is 1.45. The zero-order chi connectivity index (χ0) is 13.4. The van der Waals surface area contributed by atoms with Crippen molar-refractivity contribution in [1.82, 2.24) is 5.32 Å². The van der Waals surface area contributed by atoms with Crippen LogP contribution in [-0.4, -0.2) is 35.9 Å². The lowest BCUT2D eigenvalue weighted by atomic mass is 10.2. The largest absolute Gasteiger partial charge is 0.508 e. The third-order valence-corrected chi connectivity index (χ3v) is 2.26. The lowest BCUT2D eigenvalue weighted by molar-refractivity contribution is 0.0940. The van der Waals surface area contributed by atoms with Crippen molar-refractivity contribution in [2.45, 2.75) is 19.8 Å². The van der Waals surface area contributed by atoms with Gasteiger partial charge in [-0.15, -0.1) is 0 Å². The number of hydrogen-bond acceptors (Lipinski definition) is 4. The number of hydrogen-bond donors (Lipinski definition) is 3. The van der Waals surface area contributed by atoms with E-state index < -0.39 is 0 Å². The van der Waals surface area contributed by atoms with Gasteiger partial charge in [-0.2, -0.15) is 0 Å². The predicted molar refractivity (Wildman–Crippen MR) is 67.8 cm³/mol. The van der Waals surface area contributed by atoms with E-state index in [1.807, 2.05) is 6.92 Å². The number of phenolic OH excluding ortho intramolecular Hbond substituents is 2. The molecule has 0 atom stereocenters. The molecule has 0 bridgehead atoms. The van der Waals surface area contributed by atoms with Gasteiger partial charge in [-0.3, -0.25) is 4.79 Å². The zero-order valence-electron chi connectivity index (χ0n) is 10.5. The van der Waals surface area contributed by atoms with Gasteiger partial charge in [0.2, 0.25) is 0 Å². The summed E-state index contributed by atoms with van der Waals surface area (Å²) >= 11 is 0. The lowest BCUT2D eigenvalue weighted by Gasteiger charge is -2.06. The minimum atomic E-state index is -0.323. The summed E-state index contributed by atoms with van der Waals surface area (Å²) in [5.41, 5.74) is 0.238. The highest BCUT2D eigenvalue weighted by molar-refractivity contribution is 5.94. The summed E-state index contributed by atoms with van der Waals surface area (Å²) in [5.74, 6) is -0.588. The molecule has 5 heteroatoms. The maximum Gasteiger partial charge on any atom is 0.251 e. The van der Waals surface area contributed by atoms with Crippen LogP contribution in [0.25, 0.3) is 0 Å². The second-order valence-electron chi connectivity index (χ2n) is 3.96. The van der Waals surface area contributed by atoms with E-state index in [0.717, 1.165) is 19.4 Å². The molecule has 0 unspecified atom stereocenters. The van der Waals surface area contributed by atoms with Crippen molar-refractivity contribution in [3.05, 3.63) is 23.8 Å². The molecule has 0 aromatic heterocycles. The first-order valence-electron chi connectivity index (χ1n) is 6.02. The Morgan fingerprint density at radius 1 is 1.22 bits per heavy atom. The normalized spacial score (nSPS) is 10.3. The molecule has 0 aliphatic rings. The van der Waals surface area contributed by atoms with Crippen LogP contribution in [0.3, 0.4) is 0 Å². The Balaban J connectivity index is 2.32. The molecule has 100 valence electrons. The highest BCUT2D eigenvalue weighted by Gasteiger charge is 2.07. The molecule has 18 heavy (non-hydrogen) atoms. The molecule has 0 saturated heterocycles. The number of carbonyl (C=O) groups is 1. The standard InChI is InChI=1S/C13H19NO4/c1-2-5-18-6-3-4-14-13(17)10-7-11(15)9-12(16)8-10/h7-9,15-16H,2-6H2,1H3,(H,14,17). The smallest absolute Gasteiger partial charge is 0.251 e. The van der Waals surface area contributed by atoms with Crippen molar-refractivity contribution in [3.8, 4) is 11.5 Å². The van der Waals surface area contributed by atoms with Gasteiger partial charge in [0, 0.05) is 31.4 Å². The first kappa shape index (κ1) is 14.3. The van der Waals surface area contributed by atoms with E-state index in [0.29, 0.717) is 13.2 Å². The molecule has 0 heterocycles. The fourth-order valence-corrected chi connectivity index (χ4v) is 1.45. The van der Waals surface area contributed by atoms with Crippen LogP contribution in [0.15, 0.2) is 18.2 Å². The monoisotopic (exact) mass is 253 g/mol. The molecule has 3 N–H and O–H groups in total. The number of phenols is 2. The average molecular weight is 253 g/mol. The van der Waals surface area contributed by atoms with Gasteiger partial charge in [0.1, 0.15) is 11.5 Å². The van der Waals surface area contributed by atoms with Crippen molar-refractivity contribution in [1.29, 1.82) is 0 Å². The molecule has 0 spiro atoms. The number of ether oxygens (including phenoxy) is 1. The summed E-state index contributed by atoms with van der Waals surface area (Å²) in [4.78, 5) is 11.7. The molecule has 5 nitrogen and oxygen atoms in total. The van der Waals surface area contributed by atoms with E-state index in [9.17, 15) is 15.0 Å². The summed E-state index contributed by atoms with van der Waals surface area (Å²) in [6, 6.07) is 3.79. The first-order chi connectivity index (χ1) is 8.63. The fraction of sp³-hybridized carbons (Fsp3) is 0.462. The van der Waals surface area contributed by atoms with E-state index >= 15 is 0 Å². The molecule has 1 aromatic carbocycles. The number of nitrogens with one attached hydrogen (secondary N) is 1. The van der Waals surface area contributed by atoms with Crippen molar-refractivity contribution in [2.75, 3.05) is 19.8 Å². The average Bonchev–Trinajstić information content (AvgIpc) is 2.32. The van der Waals surface area contributed by atoms with E-state index in [4.69, 9.17) is 4.74 Å². The van der Waals surface area contributed by atoms with Crippen LogP contribution in [0.5, 0.6) is 11.5 Å². The van der Waals surface area contributed by atoms with Gasteiger partial charge in [-0.25, -0.2) is 0 Å². The molecule has 1 aromatic rings. The first-order valence-corrected chi connectivity index (χ1v) is 6.02. The number of aromatic hydroxyl groups is 2. The molecular formula is C13H19NO4. The van der Waals surface area contributed by atoms with Crippen LogP contribution in [0.2, 0.25) is 0 Å². The zero-order valence-corrected chi connectivity index (χ0v) is 10.5. The topological polar surface area (TPSA) is 78.8 Å². The van der Waals surface area contributed by atoms with Crippen LogP contribution in [0.1, 0.15) is 30.1 Å². The predicted octanol–water partition coefficient (Wildman–Crippen LogP) is 1.64. The van der Waals surface area contributed by atoms with E-state index in [1.54, 1.807) is 0 Å². The number of rotatable bonds is 7. The minimum Gasteiger partial charge on any atom is -0.508 e. The van der Waals surface area contributed by atoms with Crippen molar-refractivity contribution in [3.63, 3.8) is 0 Å². The summed E-state index contributed by atoms with van der Waals surface area (Å²) in [6.45, 7) is 3.88. The van der Waals surface area contributed by atoms with Gasteiger partial charge in [0.25, 0.3) is 5.91 Å². The third kappa shape index (κ3) is 5.05. The molecule has 1 rings (SSSR count). The van der Waals surface area contributed by atoms with Gasteiger partial charge in [-0.05, 0) is 25.0 Å². The lowest BCUT2D eigenvalue weighted by Crippen LogP contribution is -2.25. The Labute approximate surface area is 106 Å². The van der Waals surface area contributed by atoms with Crippen molar-refractivity contribution >= 4 is 5.91 Å². The van der Waals surface area contributed by atoms with Gasteiger partial charge >= 0.3 is 0 Å². The summed E-state index contributed by atoms with van der Waals surface area (Å²) < 4.78 is 5.28. The number of amides is 1. The minimum absolute atomic E-state index is 0.133. The molecule has 0 saturated carbocycles. The van der Waals surface area contributed by atoms with E-state index in [1.165, 1.54) is 18.2 Å². The maximum absolute atomic E-state index is 11.7. The maximum atomic E-state index is 11.7. The molecule has 1 amide bonds. The van der Waals surface area contributed by atoms with Gasteiger partial charge in [0.15, 0.2) is 0 Å². The Bertz CT molecular complexity index is 372. The van der Waals surface area contributed by atoms with Gasteiger partial charge in [-0.1, -0.05) is 6.92 Å². The van der Waals surface area contributed by atoms with Crippen molar-refractivity contribution in [2.24, 2.45) is 0 Å². The quantitative estimate of drug-likeness (QED) is 0.645. The second kappa shape index (κ2) is 7.55. The van der Waals surface area contributed by atoms with Gasteiger partial charge in [0.05, 0.1) is 0 Å². The van der Waals surface area contributed by atoms with Crippen LogP contribution < -0.4 is 5.32 Å². The summed E-state index contributed by atoms with van der Waals surface area (Å²) in [5, 5.41) is 21.2. The third-order valence-electron chi connectivity index (χ3n) is 2.26. The molecule has 0 aliphatic heterocycles. The second-order valence-corrected chi connectivity index (χ2v) is 3.96. The number of carbonyl (C=O) groups excluding carboxylic acids is 1. The Hall–Kier alpha value is -1.75. The SMILES string of the molecule is CCCOCCCNC(=O)c1cc(O)cc(O)c1. The molecule has 0 aliphatic carbocycles. The molecular weight excluding hydrogens is 234 g/mol. The van der Waals surface area contributed by atoms with E-state index in [-0.39, 0.29) is 23.0 Å². The number of benzene rings is 1. The highest BCUT2D eigenvalue weighted by Crippen LogP contribution is 2.20. The van der Waals surface area contributed by atoms with E-state index in [2.05, 4.69) is 5.32 Å². The Morgan fingerprint density at radius 3 is 2.50 bits per heavy atom. The summed E-state index contributed by atoms with van der Waals surface area (Å²) in [6.07, 6.45) is 1.71.